The molecule has 1 aromatic heterocycles. The molecule has 8 heteroatoms. The lowest BCUT2D eigenvalue weighted by Crippen LogP contribution is -2.36. The largest absolute Gasteiger partial charge is 0.465 e. The molecule has 1 aromatic carbocycles. The van der Waals surface area contributed by atoms with Gasteiger partial charge in [-0.3, -0.25) is 4.79 Å². The van der Waals surface area contributed by atoms with Gasteiger partial charge in [0.05, 0.1) is 20.2 Å². The Kier molecular flexibility index (Phi) is 7.82. The molecule has 0 saturated heterocycles. The second-order valence-electron chi connectivity index (χ2n) is 6.62. The van der Waals surface area contributed by atoms with Gasteiger partial charge in [-0.25, -0.2) is 9.79 Å². The van der Waals surface area contributed by atoms with E-state index in [1.807, 2.05) is 19.1 Å². The zero-order valence-corrected chi connectivity index (χ0v) is 17.5. The van der Waals surface area contributed by atoms with Crippen LogP contribution in [-0.4, -0.2) is 50.5 Å². The molecule has 29 heavy (non-hydrogen) atoms. The van der Waals surface area contributed by atoms with Crippen molar-refractivity contribution in [2.75, 3.05) is 27.7 Å². The number of amides is 1. The Morgan fingerprint density at radius 1 is 1.17 bits per heavy atom. The van der Waals surface area contributed by atoms with Gasteiger partial charge in [0.25, 0.3) is 5.91 Å². The molecule has 156 valence electrons. The molecule has 2 aromatic rings. The highest BCUT2D eigenvalue weighted by Gasteiger charge is 2.15. The zero-order chi connectivity index (χ0) is 21.4. The maximum Gasteiger partial charge on any atom is 0.341 e. The number of aryl methyl sites for hydroxylation is 1. The van der Waals surface area contributed by atoms with E-state index in [9.17, 15) is 9.59 Å². The van der Waals surface area contributed by atoms with Crippen LogP contribution in [0.4, 0.5) is 0 Å². The molecule has 0 aliphatic rings. The number of carbonyl (C=O) groups excluding carboxylic acids is 2. The first-order chi connectivity index (χ1) is 13.8. The van der Waals surface area contributed by atoms with Crippen LogP contribution in [0.25, 0.3) is 0 Å². The van der Waals surface area contributed by atoms with Crippen molar-refractivity contribution in [3.8, 4) is 0 Å². The van der Waals surface area contributed by atoms with Crippen molar-refractivity contribution >= 4 is 17.8 Å². The number of methoxy groups -OCH3 is 1. The lowest BCUT2D eigenvalue weighted by Gasteiger charge is -2.11. The Labute approximate surface area is 170 Å². The molecule has 2 N–H and O–H groups in total. The van der Waals surface area contributed by atoms with Gasteiger partial charge < -0.3 is 24.7 Å². The Morgan fingerprint density at radius 3 is 2.45 bits per heavy atom. The van der Waals surface area contributed by atoms with Gasteiger partial charge in [0.2, 0.25) is 0 Å². The van der Waals surface area contributed by atoms with Crippen LogP contribution in [0.15, 0.2) is 39.7 Å². The van der Waals surface area contributed by atoms with Crippen LogP contribution in [0.3, 0.4) is 0 Å². The van der Waals surface area contributed by atoms with Crippen molar-refractivity contribution in [2.24, 2.45) is 4.99 Å². The molecule has 0 saturated carbocycles. The van der Waals surface area contributed by atoms with E-state index in [4.69, 9.17) is 9.15 Å². The van der Waals surface area contributed by atoms with Crippen molar-refractivity contribution in [1.29, 1.82) is 0 Å². The van der Waals surface area contributed by atoms with Crippen molar-refractivity contribution in [2.45, 2.75) is 26.9 Å². The fourth-order valence-electron chi connectivity index (χ4n) is 2.64. The average molecular weight is 400 g/mol. The summed E-state index contributed by atoms with van der Waals surface area (Å²) in [5.41, 5.74) is 2.04. The van der Waals surface area contributed by atoms with Crippen molar-refractivity contribution in [3.05, 3.63) is 58.5 Å². The molecule has 0 bridgehead atoms. The van der Waals surface area contributed by atoms with Crippen LogP contribution in [0.5, 0.6) is 0 Å². The fourth-order valence-corrected chi connectivity index (χ4v) is 2.64. The minimum Gasteiger partial charge on any atom is -0.465 e. The summed E-state index contributed by atoms with van der Waals surface area (Å²) >= 11 is 0. The van der Waals surface area contributed by atoms with E-state index >= 15 is 0 Å². The third-order valence-electron chi connectivity index (χ3n) is 4.18. The number of furan rings is 1. The molecule has 2 rings (SSSR count). The second kappa shape index (κ2) is 10.3. The SMILES string of the molecule is CCNC(=NCc1ccc(C(=O)N(C)C)cc1)NCc1cc(C(=O)OC)c(C)o1. The molecule has 0 aliphatic heterocycles. The minimum absolute atomic E-state index is 0.0323. The highest BCUT2D eigenvalue weighted by molar-refractivity contribution is 5.93. The number of hydrogen-bond acceptors (Lipinski definition) is 5. The first kappa shape index (κ1) is 22.0. The number of esters is 1. The average Bonchev–Trinajstić information content (AvgIpc) is 3.09. The van der Waals surface area contributed by atoms with Gasteiger partial charge in [-0.2, -0.15) is 0 Å². The zero-order valence-electron chi connectivity index (χ0n) is 17.5. The van der Waals surface area contributed by atoms with Crippen LogP contribution in [0, 0.1) is 6.92 Å². The number of ether oxygens (including phenoxy) is 1. The van der Waals surface area contributed by atoms with E-state index in [2.05, 4.69) is 15.6 Å². The number of hydrogen-bond donors (Lipinski definition) is 2. The smallest absolute Gasteiger partial charge is 0.341 e. The predicted octanol–water partition coefficient (Wildman–Crippen LogP) is 2.33. The maximum atomic E-state index is 12.0. The summed E-state index contributed by atoms with van der Waals surface area (Å²) in [6, 6.07) is 9.05. The number of nitrogens with one attached hydrogen (secondary N) is 2. The monoisotopic (exact) mass is 400 g/mol. The summed E-state index contributed by atoms with van der Waals surface area (Å²) in [4.78, 5) is 29.7. The lowest BCUT2D eigenvalue weighted by atomic mass is 10.1. The molecule has 0 unspecified atom stereocenters. The second-order valence-corrected chi connectivity index (χ2v) is 6.62. The van der Waals surface area contributed by atoms with Crippen LogP contribution in [0.1, 0.15) is 44.7 Å². The molecule has 0 atom stereocenters. The fraction of sp³-hybridized carbons (Fsp3) is 0.381. The van der Waals surface area contributed by atoms with Gasteiger partial charge in [0.15, 0.2) is 5.96 Å². The third kappa shape index (κ3) is 6.10. The molecule has 8 nitrogen and oxygen atoms in total. The predicted molar refractivity (Wildman–Crippen MR) is 111 cm³/mol. The summed E-state index contributed by atoms with van der Waals surface area (Å²) in [6.07, 6.45) is 0. The van der Waals surface area contributed by atoms with Crippen LogP contribution in [0.2, 0.25) is 0 Å². The van der Waals surface area contributed by atoms with Crippen LogP contribution >= 0.6 is 0 Å². The van der Waals surface area contributed by atoms with E-state index in [-0.39, 0.29) is 5.91 Å². The Morgan fingerprint density at radius 2 is 1.86 bits per heavy atom. The molecule has 1 amide bonds. The van der Waals surface area contributed by atoms with Gasteiger partial charge in [-0.05, 0) is 37.6 Å². The highest BCUT2D eigenvalue weighted by Crippen LogP contribution is 2.15. The van der Waals surface area contributed by atoms with Crippen LogP contribution in [-0.2, 0) is 17.8 Å². The van der Waals surface area contributed by atoms with Gasteiger partial charge in [-0.15, -0.1) is 0 Å². The number of rotatable bonds is 7. The highest BCUT2D eigenvalue weighted by atomic mass is 16.5. The van der Waals surface area contributed by atoms with E-state index in [0.717, 1.165) is 5.56 Å². The molecular weight excluding hydrogens is 372 g/mol. The molecule has 0 spiro atoms. The first-order valence-corrected chi connectivity index (χ1v) is 9.36. The van der Waals surface area contributed by atoms with Crippen molar-refractivity contribution in [1.82, 2.24) is 15.5 Å². The van der Waals surface area contributed by atoms with E-state index in [1.165, 1.54) is 7.11 Å². The van der Waals surface area contributed by atoms with Gasteiger partial charge in [0.1, 0.15) is 17.1 Å². The topological polar surface area (TPSA) is 96.2 Å². The van der Waals surface area contributed by atoms with E-state index in [0.29, 0.717) is 48.2 Å². The van der Waals surface area contributed by atoms with Crippen molar-refractivity contribution < 1.29 is 18.7 Å². The normalized spacial score (nSPS) is 11.1. The summed E-state index contributed by atoms with van der Waals surface area (Å²) in [5, 5.41) is 6.35. The summed E-state index contributed by atoms with van der Waals surface area (Å²) in [7, 11) is 4.79. The molecular formula is C21H28N4O4. The number of carbonyl (C=O) groups is 2. The molecule has 1 heterocycles. The molecule has 0 aliphatic carbocycles. The number of nitrogens with zero attached hydrogens (tertiary/aromatic N) is 2. The quantitative estimate of drug-likeness (QED) is 0.421. The maximum absolute atomic E-state index is 12.0. The summed E-state index contributed by atoms with van der Waals surface area (Å²) in [5.74, 6) is 1.29. The Balaban J connectivity index is 2.01. The van der Waals surface area contributed by atoms with Gasteiger partial charge in [-0.1, -0.05) is 12.1 Å². The molecule has 0 radical (unpaired) electrons. The summed E-state index contributed by atoms with van der Waals surface area (Å²) < 4.78 is 10.3. The van der Waals surface area contributed by atoms with Crippen LogP contribution < -0.4 is 10.6 Å². The van der Waals surface area contributed by atoms with Gasteiger partial charge >= 0.3 is 5.97 Å². The van der Waals surface area contributed by atoms with Gasteiger partial charge in [0, 0.05) is 26.2 Å². The number of aliphatic imine (C=N–C) groups is 1. The van der Waals surface area contributed by atoms with E-state index in [1.54, 1.807) is 44.1 Å². The first-order valence-electron chi connectivity index (χ1n) is 9.36. The Hall–Kier alpha value is -3.29. The lowest BCUT2D eigenvalue weighted by molar-refractivity contribution is 0.0598. The Bertz CT molecular complexity index is 869. The third-order valence-corrected chi connectivity index (χ3v) is 4.18. The standard InChI is InChI=1S/C21H28N4O4/c1-6-22-21(24-13-17-11-18(14(2)29-17)20(27)28-5)23-12-15-7-9-16(10-8-15)19(26)25(3)4/h7-11H,6,12-13H2,1-5H3,(H2,22,23,24). The van der Waals surface area contributed by atoms with E-state index < -0.39 is 5.97 Å². The minimum atomic E-state index is -0.422. The molecule has 0 fully saturated rings. The number of guanidine groups is 1. The summed E-state index contributed by atoms with van der Waals surface area (Å²) in [6.45, 7) is 5.23. The van der Waals surface area contributed by atoms with Crippen molar-refractivity contribution in [3.63, 3.8) is 0 Å². The number of benzene rings is 1.